The van der Waals surface area contributed by atoms with Crippen molar-refractivity contribution < 1.29 is 22.6 Å². The lowest BCUT2D eigenvalue weighted by Crippen LogP contribution is -2.18. The van der Waals surface area contributed by atoms with E-state index < -0.39 is 12.1 Å². The van der Waals surface area contributed by atoms with Crippen molar-refractivity contribution in [3.8, 4) is 11.5 Å². The van der Waals surface area contributed by atoms with Gasteiger partial charge in [0.05, 0.1) is 18.5 Å². The molecule has 0 aliphatic carbocycles. The number of rotatable bonds is 3. The van der Waals surface area contributed by atoms with Gasteiger partial charge in [-0.05, 0) is 6.92 Å². The van der Waals surface area contributed by atoms with Gasteiger partial charge in [-0.25, -0.2) is 0 Å². The third kappa shape index (κ3) is 2.99. The summed E-state index contributed by atoms with van der Waals surface area (Å²) >= 11 is 0. The first-order valence-corrected chi connectivity index (χ1v) is 4.37. The smallest absolute Gasteiger partial charge is 0.491 e. The Balaban J connectivity index is 3.18. The average Bonchev–Trinajstić information content (AvgIpc) is 2.14. The molecule has 0 aliphatic rings. The van der Waals surface area contributed by atoms with Crippen LogP contribution in [0.1, 0.15) is 11.4 Å². The molecule has 0 amide bonds. The summed E-state index contributed by atoms with van der Waals surface area (Å²) in [7, 11) is 1.25. The first-order chi connectivity index (χ1) is 7.37. The van der Waals surface area contributed by atoms with Gasteiger partial charge in [0.2, 0.25) is 0 Å². The van der Waals surface area contributed by atoms with Crippen molar-refractivity contribution in [3.05, 3.63) is 17.5 Å². The van der Waals surface area contributed by atoms with E-state index in [1.165, 1.54) is 14.0 Å². The molecule has 16 heavy (non-hydrogen) atoms. The summed E-state index contributed by atoms with van der Waals surface area (Å²) in [6.45, 7) is 1.54. The lowest BCUT2D eigenvalue weighted by molar-refractivity contribution is -0.275. The first kappa shape index (κ1) is 12.6. The molecule has 1 aromatic rings. The topological polar surface area (TPSA) is 57.4 Å². The van der Waals surface area contributed by atoms with Crippen molar-refractivity contribution in [2.75, 3.05) is 7.11 Å². The monoisotopic (exact) mass is 236 g/mol. The highest BCUT2D eigenvalue weighted by molar-refractivity contribution is 5.44. The van der Waals surface area contributed by atoms with E-state index in [2.05, 4.69) is 9.72 Å². The third-order valence-corrected chi connectivity index (χ3v) is 1.80. The van der Waals surface area contributed by atoms with Gasteiger partial charge in [0.1, 0.15) is 0 Å². The minimum atomic E-state index is -4.77. The van der Waals surface area contributed by atoms with Crippen LogP contribution in [0.4, 0.5) is 13.2 Å². The van der Waals surface area contributed by atoms with E-state index in [-0.39, 0.29) is 12.3 Å². The van der Waals surface area contributed by atoms with Gasteiger partial charge in [0.15, 0.2) is 11.5 Å². The van der Waals surface area contributed by atoms with E-state index in [0.29, 0.717) is 11.4 Å². The van der Waals surface area contributed by atoms with Crippen LogP contribution in [-0.2, 0) is 6.54 Å². The molecule has 0 radical (unpaired) electrons. The van der Waals surface area contributed by atoms with E-state index in [1.807, 2.05) is 0 Å². The number of hydrogen-bond donors (Lipinski definition) is 1. The molecular formula is C9H11F3N2O2. The second-order valence-corrected chi connectivity index (χ2v) is 2.98. The molecule has 0 aliphatic heterocycles. The second-order valence-electron chi connectivity index (χ2n) is 2.98. The molecule has 90 valence electrons. The summed E-state index contributed by atoms with van der Waals surface area (Å²) in [5.74, 6) is -0.475. The summed E-state index contributed by atoms with van der Waals surface area (Å²) < 4.78 is 44.9. The zero-order valence-corrected chi connectivity index (χ0v) is 8.76. The Morgan fingerprint density at radius 3 is 2.50 bits per heavy atom. The maximum atomic E-state index is 12.1. The van der Waals surface area contributed by atoms with Crippen LogP contribution in [0.3, 0.4) is 0 Å². The zero-order valence-electron chi connectivity index (χ0n) is 8.76. The lowest BCUT2D eigenvalue weighted by Gasteiger charge is -2.14. The Labute approximate surface area is 90.2 Å². The van der Waals surface area contributed by atoms with Gasteiger partial charge >= 0.3 is 6.36 Å². The Hall–Kier alpha value is -1.50. The molecule has 0 saturated heterocycles. The van der Waals surface area contributed by atoms with Crippen LogP contribution in [0, 0.1) is 6.92 Å². The van der Waals surface area contributed by atoms with Crippen molar-refractivity contribution in [1.82, 2.24) is 4.98 Å². The fourth-order valence-corrected chi connectivity index (χ4v) is 1.25. The van der Waals surface area contributed by atoms with Crippen molar-refractivity contribution in [3.63, 3.8) is 0 Å². The Morgan fingerprint density at radius 1 is 1.44 bits per heavy atom. The Morgan fingerprint density at radius 2 is 2.06 bits per heavy atom. The van der Waals surface area contributed by atoms with Crippen LogP contribution in [0.25, 0.3) is 0 Å². The van der Waals surface area contributed by atoms with E-state index in [4.69, 9.17) is 10.5 Å². The SMILES string of the molecule is COc1c(OC(F)(F)F)cc(CN)nc1C. The predicted octanol–water partition coefficient (Wildman–Crippen LogP) is 1.76. The lowest BCUT2D eigenvalue weighted by atomic mass is 10.2. The maximum Gasteiger partial charge on any atom is 0.573 e. The molecule has 0 fully saturated rings. The van der Waals surface area contributed by atoms with Crippen LogP contribution in [0.15, 0.2) is 6.07 Å². The quantitative estimate of drug-likeness (QED) is 0.868. The highest BCUT2D eigenvalue weighted by Crippen LogP contribution is 2.34. The summed E-state index contributed by atoms with van der Waals surface area (Å²) in [4.78, 5) is 3.96. The number of methoxy groups -OCH3 is 1. The number of hydrogen-bond acceptors (Lipinski definition) is 4. The number of halogens is 3. The van der Waals surface area contributed by atoms with Crippen molar-refractivity contribution >= 4 is 0 Å². The molecule has 0 saturated carbocycles. The fourth-order valence-electron chi connectivity index (χ4n) is 1.25. The van der Waals surface area contributed by atoms with Gasteiger partial charge in [-0.3, -0.25) is 4.98 Å². The molecule has 0 unspecified atom stereocenters. The van der Waals surface area contributed by atoms with Crippen molar-refractivity contribution in [2.24, 2.45) is 5.73 Å². The fraction of sp³-hybridized carbons (Fsp3) is 0.444. The van der Waals surface area contributed by atoms with Crippen molar-refractivity contribution in [2.45, 2.75) is 19.8 Å². The summed E-state index contributed by atoms with van der Waals surface area (Å²) in [5, 5.41) is 0. The summed E-state index contributed by atoms with van der Waals surface area (Å²) in [6, 6.07) is 1.11. The minimum Gasteiger partial charge on any atom is -0.491 e. The standard InChI is InChI=1S/C9H11F3N2O2/c1-5-8(15-2)7(16-9(10,11)12)3-6(4-13)14-5/h3H,4,13H2,1-2H3. The number of aryl methyl sites for hydroxylation is 1. The zero-order chi connectivity index (χ0) is 12.3. The molecule has 2 N–H and O–H groups in total. The molecular weight excluding hydrogens is 225 g/mol. The van der Waals surface area contributed by atoms with E-state index in [9.17, 15) is 13.2 Å². The summed E-state index contributed by atoms with van der Waals surface area (Å²) in [6.07, 6.45) is -4.77. The first-order valence-electron chi connectivity index (χ1n) is 4.37. The van der Waals surface area contributed by atoms with Gasteiger partial charge in [-0.1, -0.05) is 0 Å². The number of aromatic nitrogens is 1. The molecule has 4 nitrogen and oxygen atoms in total. The van der Waals surface area contributed by atoms with Gasteiger partial charge in [-0.2, -0.15) is 0 Å². The normalized spacial score (nSPS) is 11.4. The van der Waals surface area contributed by atoms with Crippen LogP contribution in [0.5, 0.6) is 11.5 Å². The van der Waals surface area contributed by atoms with Crippen molar-refractivity contribution in [1.29, 1.82) is 0 Å². The molecule has 0 atom stereocenters. The van der Waals surface area contributed by atoms with E-state index in [1.54, 1.807) is 0 Å². The van der Waals surface area contributed by atoms with E-state index >= 15 is 0 Å². The highest BCUT2D eigenvalue weighted by Gasteiger charge is 2.33. The minimum absolute atomic E-state index is 0.0268. The average molecular weight is 236 g/mol. The Kier molecular flexibility index (Phi) is 3.58. The molecule has 7 heteroatoms. The van der Waals surface area contributed by atoms with E-state index in [0.717, 1.165) is 6.07 Å². The number of pyridine rings is 1. The van der Waals surface area contributed by atoms with Gasteiger partial charge in [0.25, 0.3) is 0 Å². The molecule has 1 aromatic heterocycles. The number of nitrogens with two attached hydrogens (primary N) is 1. The predicted molar refractivity (Wildman–Crippen MR) is 50.1 cm³/mol. The molecule has 0 bridgehead atoms. The largest absolute Gasteiger partial charge is 0.573 e. The molecule has 0 aromatic carbocycles. The second kappa shape index (κ2) is 4.56. The molecule has 1 rings (SSSR count). The van der Waals surface area contributed by atoms with Gasteiger partial charge < -0.3 is 15.2 Å². The van der Waals surface area contributed by atoms with Crippen LogP contribution < -0.4 is 15.2 Å². The summed E-state index contributed by atoms with van der Waals surface area (Å²) in [5.41, 5.74) is 5.90. The number of nitrogens with zero attached hydrogens (tertiary/aromatic N) is 1. The number of alkyl halides is 3. The number of ether oxygens (including phenoxy) is 2. The maximum absolute atomic E-state index is 12.1. The van der Waals surface area contributed by atoms with Crippen LogP contribution in [-0.4, -0.2) is 18.5 Å². The van der Waals surface area contributed by atoms with Crippen LogP contribution >= 0.6 is 0 Å². The third-order valence-electron chi connectivity index (χ3n) is 1.80. The molecule has 1 heterocycles. The van der Waals surface area contributed by atoms with Gasteiger partial charge in [0, 0.05) is 12.6 Å². The highest BCUT2D eigenvalue weighted by atomic mass is 19.4. The molecule has 0 spiro atoms. The Bertz CT molecular complexity index is 380. The van der Waals surface area contributed by atoms with Gasteiger partial charge in [-0.15, -0.1) is 13.2 Å². The van der Waals surface area contributed by atoms with Crippen LogP contribution in [0.2, 0.25) is 0 Å².